The third kappa shape index (κ3) is 10.1. The molecule has 0 atom stereocenters. The summed E-state index contributed by atoms with van der Waals surface area (Å²) in [5.74, 6) is 0.528. The summed E-state index contributed by atoms with van der Waals surface area (Å²) in [6, 6.07) is 10.7. The molecule has 0 bridgehead atoms. The van der Waals surface area contributed by atoms with E-state index in [-0.39, 0.29) is 29.9 Å². The summed E-state index contributed by atoms with van der Waals surface area (Å²) in [6.45, 7) is 4.86. The van der Waals surface area contributed by atoms with E-state index in [1.165, 1.54) is 0 Å². The van der Waals surface area contributed by atoms with Crippen LogP contribution in [-0.2, 0) is 17.5 Å². The van der Waals surface area contributed by atoms with Crippen LogP contribution in [0.3, 0.4) is 0 Å². The normalized spacial score (nSPS) is 11.5. The molecule has 0 radical (unpaired) electrons. The molecule has 0 aliphatic heterocycles. The highest BCUT2D eigenvalue weighted by Gasteiger charge is 2.32. The number of aliphatic imine (C=N–C) groups is 1. The van der Waals surface area contributed by atoms with Gasteiger partial charge < -0.3 is 20.7 Å². The van der Waals surface area contributed by atoms with Crippen LogP contribution in [0.4, 0.5) is 19.1 Å². The van der Waals surface area contributed by atoms with Crippen LogP contribution in [0.2, 0.25) is 0 Å². The van der Waals surface area contributed by atoms with Gasteiger partial charge in [0.25, 0.3) is 0 Å². The topological polar surface area (TPSA) is 83.5 Å². The van der Waals surface area contributed by atoms with Crippen molar-refractivity contribution in [3.05, 3.63) is 53.9 Å². The molecule has 11 heteroatoms. The average Bonchev–Trinajstić information content (AvgIpc) is 2.71. The lowest BCUT2D eigenvalue weighted by atomic mass is 10.2. The molecule has 1 aromatic carbocycles. The maximum absolute atomic E-state index is 12.7. The van der Waals surface area contributed by atoms with E-state index in [2.05, 4.69) is 30.9 Å². The van der Waals surface area contributed by atoms with Crippen molar-refractivity contribution in [2.75, 3.05) is 38.1 Å². The fourth-order valence-corrected chi connectivity index (χ4v) is 2.28. The molecule has 2 aromatic rings. The van der Waals surface area contributed by atoms with Gasteiger partial charge in [0.15, 0.2) is 5.96 Å². The summed E-state index contributed by atoms with van der Waals surface area (Å²) in [6.07, 6.45) is -3.42. The number of rotatable bonds is 10. The first kappa shape index (κ1) is 25.9. The van der Waals surface area contributed by atoms with Crippen molar-refractivity contribution >= 4 is 35.9 Å². The highest BCUT2D eigenvalue weighted by Crippen LogP contribution is 2.27. The van der Waals surface area contributed by atoms with Gasteiger partial charge in [-0.05, 0) is 18.6 Å². The van der Waals surface area contributed by atoms with Gasteiger partial charge >= 0.3 is 6.18 Å². The van der Waals surface area contributed by atoms with Crippen molar-refractivity contribution in [1.29, 1.82) is 0 Å². The summed E-state index contributed by atoms with van der Waals surface area (Å²) in [7, 11) is 0. The molecule has 0 saturated heterocycles. The quantitative estimate of drug-likeness (QED) is 0.187. The minimum atomic E-state index is -4.49. The van der Waals surface area contributed by atoms with Crippen LogP contribution in [0.15, 0.2) is 47.6 Å². The highest BCUT2D eigenvalue weighted by atomic mass is 127. The zero-order valence-electron chi connectivity index (χ0n) is 16.6. The number of nitrogens with zero attached hydrogens (tertiary/aromatic N) is 3. The number of benzene rings is 1. The predicted molar refractivity (Wildman–Crippen MR) is 121 cm³/mol. The molecule has 1 aromatic heterocycles. The average molecular weight is 538 g/mol. The van der Waals surface area contributed by atoms with E-state index >= 15 is 0 Å². The summed E-state index contributed by atoms with van der Waals surface area (Å²) in [4.78, 5) is 11.6. The fraction of sp³-hybridized carbons (Fsp3) is 0.421. The number of aromatic nitrogens is 2. The second-order valence-electron chi connectivity index (χ2n) is 5.92. The summed E-state index contributed by atoms with van der Waals surface area (Å²) in [5.41, 5.74) is 0.123. The minimum Gasteiger partial charge on any atom is -0.375 e. The van der Waals surface area contributed by atoms with Gasteiger partial charge in [0.2, 0.25) is 5.95 Å². The van der Waals surface area contributed by atoms with E-state index < -0.39 is 11.9 Å². The molecule has 0 amide bonds. The van der Waals surface area contributed by atoms with Gasteiger partial charge in [-0.2, -0.15) is 13.2 Å². The van der Waals surface area contributed by atoms with Crippen molar-refractivity contribution in [2.45, 2.75) is 19.7 Å². The Labute approximate surface area is 191 Å². The first-order valence-corrected chi connectivity index (χ1v) is 9.27. The maximum atomic E-state index is 12.7. The van der Waals surface area contributed by atoms with E-state index in [4.69, 9.17) is 4.74 Å². The van der Waals surface area contributed by atoms with Crippen LogP contribution in [0.5, 0.6) is 0 Å². The van der Waals surface area contributed by atoms with Crippen molar-refractivity contribution in [1.82, 2.24) is 20.6 Å². The van der Waals surface area contributed by atoms with Crippen molar-refractivity contribution in [3.63, 3.8) is 0 Å². The number of nitrogens with one attached hydrogen (secondary N) is 3. The lowest BCUT2D eigenvalue weighted by Gasteiger charge is -2.12. The standard InChI is InChI=1S/C19H25F3N6O.HI/c1-2-23-17(27-12-13-29-14-15-6-4-3-5-7-15)25-10-11-26-18-24-9-8-16(28-18)19(20,21)22;/h3-9H,2,10-14H2,1H3,(H2,23,25,27)(H,24,26,28);1H. The number of ether oxygens (including phenoxy) is 1. The fourth-order valence-electron chi connectivity index (χ4n) is 2.28. The van der Waals surface area contributed by atoms with Crippen LogP contribution in [0.25, 0.3) is 0 Å². The van der Waals surface area contributed by atoms with Gasteiger partial charge in [-0.25, -0.2) is 9.97 Å². The van der Waals surface area contributed by atoms with Crippen molar-refractivity contribution < 1.29 is 17.9 Å². The van der Waals surface area contributed by atoms with Crippen LogP contribution in [-0.4, -0.2) is 48.7 Å². The van der Waals surface area contributed by atoms with E-state index in [1.54, 1.807) is 0 Å². The zero-order valence-corrected chi connectivity index (χ0v) is 18.9. The second-order valence-corrected chi connectivity index (χ2v) is 5.92. The Balaban J connectivity index is 0.00000450. The Morgan fingerprint density at radius 2 is 1.87 bits per heavy atom. The minimum absolute atomic E-state index is 0. The van der Waals surface area contributed by atoms with E-state index in [0.29, 0.717) is 45.4 Å². The Morgan fingerprint density at radius 3 is 2.57 bits per heavy atom. The lowest BCUT2D eigenvalue weighted by Crippen LogP contribution is -2.39. The van der Waals surface area contributed by atoms with Crippen molar-refractivity contribution in [2.24, 2.45) is 4.99 Å². The lowest BCUT2D eigenvalue weighted by molar-refractivity contribution is -0.141. The van der Waals surface area contributed by atoms with E-state index in [9.17, 15) is 13.2 Å². The number of hydrogen-bond donors (Lipinski definition) is 3. The molecule has 1 heterocycles. The Kier molecular flexibility index (Phi) is 12.0. The Hall–Kier alpha value is -2.15. The smallest absolute Gasteiger partial charge is 0.375 e. The molecule has 2 rings (SSSR count). The number of hydrogen-bond acceptors (Lipinski definition) is 5. The molecule has 0 unspecified atom stereocenters. The zero-order chi connectivity index (χ0) is 21.0. The van der Waals surface area contributed by atoms with Crippen LogP contribution < -0.4 is 16.0 Å². The predicted octanol–water partition coefficient (Wildman–Crippen LogP) is 3.30. The molecule has 0 aliphatic rings. The molecular formula is C19H26F3IN6O. The number of halogens is 4. The molecule has 0 saturated carbocycles. The Bertz CT molecular complexity index is 761. The maximum Gasteiger partial charge on any atom is 0.433 e. The molecule has 0 fully saturated rings. The first-order valence-electron chi connectivity index (χ1n) is 9.27. The van der Waals surface area contributed by atoms with Gasteiger partial charge in [0, 0.05) is 25.8 Å². The third-order valence-corrected chi connectivity index (χ3v) is 3.61. The third-order valence-electron chi connectivity index (χ3n) is 3.61. The number of anilines is 1. The molecule has 7 nitrogen and oxygen atoms in total. The van der Waals surface area contributed by atoms with Gasteiger partial charge in [-0.1, -0.05) is 30.3 Å². The van der Waals surface area contributed by atoms with Gasteiger partial charge in [0.1, 0.15) is 5.69 Å². The monoisotopic (exact) mass is 538 g/mol. The van der Waals surface area contributed by atoms with Crippen molar-refractivity contribution in [3.8, 4) is 0 Å². The number of alkyl halides is 3. The molecular weight excluding hydrogens is 512 g/mol. The molecule has 166 valence electrons. The summed E-state index contributed by atoms with van der Waals surface area (Å²) < 4.78 is 43.5. The van der Waals surface area contributed by atoms with Crippen LogP contribution in [0.1, 0.15) is 18.2 Å². The molecule has 3 N–H and O–H groups in total. The van der Waals surface area contributed by atoms with Crippen LogP contribution >= 0.6 is 24.0 Å². The SMILES string of the molecule is CCNC(=NCCOCc1ccccc1)NCCNc1nccc(C(F)(F)F)n1.I. The van der Waals surface area contributed by atoms with Gasteiger partial charge in [-0.3, -0.25) is 4.99 Å². The highest BCUT2D eigenvalue weighted by molar-refractivity contribution is 14.0. The van der Waals surface area contributed by atoms with Crippen LogP contribution in [0, 0.1) is 0 Å². The van der Waals surface area contributed by atoms with E-state index in [1.807, 2.05) is 37.3 Å². The first-order chi connectivity index (χ1) is 14.0. The largest absolute Gasteiger partial charge is 0.433 e. The molecule has 0 aliphatic carbocycles. The second kappa shape index (κ2) is 14.0. The molecule has 0 spiro atoms. The Morgan fingerprint density at radius 1 is 1.10 bits per heavy atom. The van der Waals surface area contributed by atoms with Gasteiger partial charge in [-0.15, -0.1) is 24.0 Å². The van der Waals surface area contributed by atoms with E-state index in [0.717, 1.165) is 17.8 Å². The summed E-state index contributed by atoms with van der Waals surface area (Å²) in [5, 5.41) is 8.94. The number of guanidine groups is 1. The summed E-state index contributed by atoms with van der Waals surface area (Å²) >= 11 is 0. The van der Waals surface area contributed by atoms with Gasteiger partial charge in [0.05, 0.1) is 19.8 Å². The molecule has 30 heavy (non-hydrogen) atoms.